The molecule has 32 heavy (non-hydrogen) atoms. The molecule has 3 aliphatic carbocycles. The Balaban J connectivity index is 1.09. The van der Waals surface area contributed by atoms with Crippen LogP contribution in [-0.2, 0) is 16.8 Å². The lowest BCUT2D eigenvalue weighted by Gasteiger charge is -2.68. The van der Waals surface area contributed by atoms with E-state index < -0.39 is 0 Å². The number of aryl methyl sites for hydroxylation is 1. The van der Waals surface area contributed by atoms with Gasteiger partial charge in [-0.05, 0) is 74.2 Å². The Morgan fingerprint density at radius 3 is 2.53 bits per heavy atom. The summed E-state index contributed by atoms with van der Waals surface area (Å²) in [5, 5.41) is 8.44. The molecule has 9 heteroatoms. The molecule has 0 aliphatic heterocycles. The molecule has 166 valence electrons. The molecule has 1 heterocycles. The number of rotatable bonds is 8. The van der Waals surface area contributed by atoms with Crippen molar-refractivity contribution >= 4 is 29.1 Å². The van der Waals surface area contributed by atoms with Gasteiger partial charge >= 0.3 is 0 Å². The van der Waals surface area contributed by atoms with Crippen LogP contribution >= 0.6 is 23.2 Å². The Morgan fingerprint density at radius 1 is 1.09 bits per heavy atom. The minimum absolute atomic E-state index is 0.0391. The zero-order valence-electron chi connectivity index (χ0n) is 17.4. The predicted molar refractivity (Wildman–Crippen MR) is 118 cm³/mol. The molecule has 7 nitrogen and oxygen atoms in total. The molecule has 2 aromatic carbocycles. The van der Waals surface area contributed by atoms with Crippen molar-refractivity contribution in [2.45, 2.75) is 43.7 Å². The molecule has 1 N–H and O–H groups in total. The summed E-state index contributed by atoms with van der Waals surface area (Å²) in [6, 6.07) is 12.4. The number of halogens is 2. The highest BCUT2D eigenvalue weighted by atomic mass is 35.5. The van der Waals surface area contributed by atoms with Crippen molar-refractivity contribution in [3.63, 3.8) is 0 Å². The highest BCUT2D eigenvalue weighted by molar-refractivity contribution is 6.31. The van der Waals surface area contributed by atoms with Gasteiger partial charge in [0.1, 0.15) is 11.5 Å². The van der Waals surface area contributed by atoms with Gasteiger partial charge in [0.15, 0.2) is 13.2 Å². The summed E-state index contributed by atoms with van der Waals surface area (Å²) >= 11 is 11.9. The summed E-state index contributed by atoms with van der Waals surface area (Å²) in [7, 11) is 0. The summed E-state index contributed by atoms with van der Waals surface area (Å²) < 4.78 is 16.7. The molecule has 2 bridgehead atoms. The van der Waals surface area contributed by atoms with Crippen LogP contribution < -0.4 is 14.8 Å². The molecule has 0 radical (unpaired) electrons. The predicted octanol–water partition coefficient (Wildman–Crippen LogP) is 4.63. The third kappa shape index (κ3) is 4.02. The van der Waals surface area contributed by atoms with Crippen LogP contribution in [0, 0.1) is 6.92 Å². The van der Waals surface area contributed by atoms with Crippen LogP contribution in [0.15, 0.2) is 47.0 Å². The van der Waals surface area contributed by atoms with E-state index in [1.165, 1.54) is 0 Å². The topological polar surface area (TPSA) is 86.5 Å². The van der Waals surface area contributed by atoms with Gasteiger partial charge in [-0.3, -0.25) is 4.79 Å². The molecule has 6 rings (SSSR count). The first kappa shape index (κ1) is 21.1. The van der Waals surface area contributed by atoms with E-state index in [0.717, 1.165) is 24.8 Å². The summed E-state index contributed by atoms with van der Waals surface area (Å²) in [6.45, 7) is 2.07. The number of amides is 1. The first-order valence-electron chi connectivity index (χ1n) is 10.3. The van der Waals surface area contributed by atoms with E-state index in [1.807, 2.05) is 13.0 Å². The summed E-state index contributed by atoms with van der Waals surface area (Å²) in [4.78, 5) is 16.8. The summed E-state index contributed by atoms with van der Waals surface area (Å²) in [5.41, 5.74) is 0.556. The number of aromatic nitrogens is 2. The Kier molecular flexibility index (Phi) is 5.26. The fraction of sp³-hybridized carbons (Fsp3) is 0.348. The largest absolute Gasteiger partial charge is 0.485 e. The van der Waals surface area contributed by atoms with Crippen LogP contribution in [0.4, 0.5) is 0 Å². The summed E-state index contributed by atoms with van der Waals surface area (Å²) in [6.07, 6.45) is 2.35. The number of benzene rings is 2. The number of ether oxygens (including phenoxy) is 2. The van der Waals surface area contributed by atoms with Gasteiger partial charge in [0, 0.05) is 15.6 Å². The second-order valence-electron chi connectivity index (χ2n) is 8.60. The van der Waals surface area contributed by atoms with Crippen molar-refractivity contribution in [3.05, 3.63) is 69.8 Å². The minimum atomic E-state index is -0.204. The maximum Gasteiger partial charge on any atom is 0.258 e. The minimum Gasteiger partial charge on any atom is -0.485 e. The number of hydrogen-bond acceptors (Lipinski definition) is 6. The molecule has 0 unspecified atom stereocenters. The number of hydrogen-bond donors (Lipinski definition) is 1. The quantitative estimate of drug-likeness (QED) is 0.512. The second kappa shape index (κ2) is 7.98. The number of nitrogens with one attached hydrogen (secondary N) is 1. The van der Waals surface area contributed by atoms with Gasteiger partial charge in [-0.1, -0.05) is 28.4 Å². The highest BCUT2D eigenvalue weighted by Gasteiger charge is 2.71. The molecule has 3 aliphatic rings. The van der Waals surface area contributed by atoms with Gasteiger partial charge in [-0.2, -0.15) is 4.98 Å². The Bertz CT molecular complexity index is 1140. The van der Waals surface area contributed by atoms with Crippen LogP contribution in [0.2, 0.25) is 10.0 Å². The van der Waals surface area contributed by atoms with Gasteiger partial charge in [0.25, 0.3) is 5.91 Å². The van der Waals surface area contributed by atoms with Crippen molar-refractivity contribution in [2.75, 3.05) is 6.61 Å². The van der Waals surface area contributed by atoms with Crippen LogP contribution in [0.1, 0.15) is 36.5 Å². The number of carbonyl (C=O) groups is 1. The Hall–Kier alpha value is -2.77. The number of nitrogens with zero attached hydrogens (tertiary/aromatic N) is 2. The van der Waals surface area contributed by atoms with Crippen LogP contribution in [0.25, 0.3) is 0 Å². The van der Waals surface area contributed by atoms with E-state index in [-0.39, 0.29) is 30.1 Å². The molecule has 3 fully saturated rings. The maximum atomic E-state index is 12.3. The Labute approximate surface area is 195 Å². The average molecular weight is 474 g/mol. The fourth-order valence-electron chi connectivity index (χ4n) is 4.54. The van der Waals surface area contributed by atoms with Gasteiger partial charge in [0.2, 0.25) is 11.7 Å². The number of carbonyl (C=O) groups excluding carboxylic acids is 1. The molecule has 0 atom stereocenters. The fourth-order valence-corrected chi connectivity index (χ4v) is 4.79. The van der Waals surface area contributed by atoms with E-state index in [4.69, 9.17) is 37.2 Å². The third-order valence-corrected chi connectivity index (χ3v) is 6.71. The van der Waals surface area contributed by atoms with Gasteiger partial charge in [-0.15, -0.1) is 0 Å². The molecular formula is C23H21Cl2N3O4. The van der Waals surface area contributed by atoms with Crippen molar-refractivity contribution in [1.82, 2.24) is 15.5 Å². The molecule has 1 aromatic heterocycles. The van der Waals surface area contributed by atoms with Crippen molar-refractivity contribution in [1.29, 1.82) is 0 Å². The monoisotopic (exact) mass is 473 g/mol. The molecule has 0 saturated heterocycles. The lowest BCUT2D eigenvalue weighted by molar-refractivity contribution is -0.143. The maximum absolute atomic E-state index is 12.3. The van der Waals surface area contributed by atoms with Crippen LogP contribution in [0.3, 0.4) is 0 Å². The lowest BCUT2D eigenvalue weighted by atomic mass is 9.39. The molecule has 1 amide bonds. The van der Waals surface area contributed by atoms with Crippen molar-refractivity contribution in [2.24, 2.45) is 0 Å². The molecule has 3 aromatic rings. The smallest absolute Gasteiger partial charge is 0.258 e. The molecular weight excluding hydrogens is 453 g/mol. The highest BCUT2D eigenvalue weighted by Crippen LogP contribution is 2.67. The summed E-state index contributed by atoms with van der Waals surface area (Å²) in [5.74, 6) is 2.26. The van der Waals surface area contributed by atoms with Crippen molar-refractivity contribution in [3.8, 4) is 11.5 Å². The standard InChI is InChI=1S/C23H21Cl2N3O4/c1-14-8-17(6-7-18(14)25)31-10-20(29)27-23-11-22(12-23,13-23)21-26-19(28-32-21)9-30-16-4-2-15(24)3-5-16/h2-8H,9-13H2,1H3,(H,27,29). The second-order valence-corrected chi connectivity index (χ2v) is 9.44. The van der Waals surface area contributed by atoms with E-state index in [9.17, 15) is 4.79 Å². The van der Waals surface area contributed by atoms with Crippen molar-refractivity contribution < 1.29 is 18.8 Å². The van der Waals surface area contributed by atoms with Crippen LogP contribution in [0.5, 0.6) is 11.5 Å². The zero-order chi connectivity index (χ0) is 22.3. The normalized spacial score (nSPS) is 23.1. The van der Waals surface area contributed by atoms with E-state index in [2.05, 4.69) is 15.5 Å². The first-order valence-corrected chi connectivity index (χ1v) is 11.0. The SMILES string of the molecule is Cc1cc(OCC(=O)NC23CC(c4nc(COc5ccc(Cl)cc5)no4)(C2)C3)ccc1Cl. The molecule has 0 spiro atoms. The zero-order valence-corrected chi connectivity index (χ0v) is 18.9. The van der Waals surface area contributed by atoms with E-state index >= 15 is 0 Å². The van der Waals surface area contributed by atoms with Gasteiger partial charge < -0.3 is 19.3 Å². The van der Waals surface area contributed by atoms with Gasteiger partial charge in [-0.25, -0.2) is 0 Å². The van der Waals surface area contributed by atoms with E-state index in [0.29, 0.717) is 33.3 Å². The van der Waals surface area contributed by atoms with Crippen LogP contribution in [-0.4, -0.2) is 28.2 Å². The van der Waals surface area contributed by atoms with Gasteiger partial charge in [0.05, 0.1) is 5.41 Å². The van der Waals surface area contributed by atoms with E-state index in [1.54, 1.807) is 36.4 Å². The third-order valence-electron chi connectivity index (χ3n) is 6.04. The lowest BCUT2D eigenvalue weighted by Crippen LogP contribution is -2.77. The first-order chi connectivity index (χ1) is 15.3. The molecule has 3 saturated carbocycles. The Morgan fingerprint density at radius 2 is 1.81 bits per heavy atom. The average Bonchev–Trinajstić information content (AvgIpc) is 3.19.